The topological polar surface area (TPSA) is 43.8 Å². The van der Waals surface area contributed by atoms with Gasteiger partial charge in [-0.3, -0.25) is 9.69 Å². The second kappa shape index (κ2) is 5.83. The van der Waals surface area contributed by atoms with Crippen LogP contribution in [0.3, 0.4) is 0 Å². The zero-order valence-electron chi connectivity index (χ0n) is 10.8. The number of piperidine rings is 1. The Balaban J connectivity index is 1.80. The van der Waals surface area contributed by atoms with Crippen molar-refractivity contribution >= 4 is 5.91 Å². The summed E-state index contributed by atoms with van der Waals surface area (Å²) in [6.07, 6.45) is 4.57. The van der Waals surface area contributed by atoms with Crippen LogP contribution in [0.1, 0.15) is 32.6 Å². The number of carbonyl (C=O) groups is 1. The summed E-state index contributed by atoms with van der Waals surface area (Å²) >= 11 is 0. The van der Waals surface area contributed by atoms with Gasteiger partial charge in [0.15, 0.2) is 0 Å². The highest BCUT2D eigenvalue weighted by Gasteiger charge is 2.28. The predicted molar refractivity (Wildman–Crippen MR) is 66.7 cm³/mol. The number of hydrogen-bond donors (Lipinski definition) is 1. The molecule has 1 amide bonds. The van der Waals surface area contributed by atoms with Gasteiger partial charge in [-0.15, -0.1) is 0 Å². The zero-order valence-corrected chi connectivity index (χ0v) is 10.8. The molecule has 2 fully saturated rings. The molecule has 17 heavy (non-hydrogen) atoms. The van der Waals surface area contributed by atoms with Crippen LogP contribution in [0.5, 0.6) is 0 Å². The Bertz CT molecular complexity index is 270. The Hall–Kier alpha value is -0.610. The molecule has 0 aliphatic carbocycles. The Labute approximate surface area is 104 Å². The van der Waals surface area contributed by atoms with Crippen LogP contribution in [-0.4, -0.2) is 59.6 Å². The third-order valence-electron chi connectivity index (χ3n) is 4.11. The van der Waals surface area contributed by atoms with Gasteiger partial charge < -0.3 is 10.0 Å². The minimum absolute atomic E-state index is 0.255. The summed E-state index contributed by atoms with van der Waals surface area (Å²) in [6.45, 7) is 5.71. The van der Waals surface area contributed by atoms with E-state index < -0.39 is 0 Å². The Morgan fingerprint density at radius 1 is 1.29 bits per heavy atom. The van der Waals surface area contributed by atoms with Crippen molar-refractivity contribution in [2.24, 2.45) is 5.92 Å². The molecule has 0 aromatic carbocycles. The molecule has 0 aromatic rings. The smallest absolute Gasteiger partial charge is 0.236 e. The van der Waals surface area contributed by atoms with Gasteiger partial charge in [0.2, 0.25) is 5.91 Å². The van der Waals surface area contributed by atoms with Crippen molar-refractivity contribution in [2.45, 2.75) is 38.6 Å². The summed E-state index contributed by atoms with van der Waals surface area (Å²) in [7, 11) is 0. The molecule has 2 aliphatic rings. The average molecular weight is 240 g/mol. The van der Waals surface area contributed by atoms with Gasteiger partial charge in [0.1, 0.15) is 0 Å². The van der Waals surface area contributed by atoms with Crippen LogP contribution < -0.4 is 0 Å². The van der Waals surface area contributed by atoms with Gasteiger partial charge in [0.25, 0.3) is 0 Å². The van der Waals surface area contributed by atoms with Crippen LogP contribution in [0.2, 0.25) is 0 Å². The number of nitrogens with zero attached hydrogens (tertiary/aromatic N) is 2. The summed E-state index contributed by atoms with van der Waals surface area (Å²) in [6, 6.07) is 0.410. The first-order valence-corrected chi connectivity index (χ1v) is 6.83. The van der Waals surface area contributed by atoms with E-state index in [2.05, 4.69) is 11.8 Å². The van der Waals surface area contributed by atoms with E-state index in [0.29, 0.717) is 18.5 Å². The highest BCUT2D eigenvalue weighted by Crippen LogP contribution is 2.19. The normalized spacial score (nSPS) is 30.8. The fourth-order valence-electron chi connectivity index (χ4n) is 2.96. The minimum atomic E-state index is 0.255. The lowest BCUT2D eigenvalue weighted by molar-refractivity contribution is -0.135. The summed E-state index contributed by atoms with van der Waals surface area (Å²) < 4.78 is 0. The molecule has 0 bridgehead atoms. The van der Waals surface area contributed by atoms with Gasteiger partial charge in [-0.25, -0.2) is 0 Å². The molecule has 4 heteroatoms. The predicted octanol–water partition coefficient (Wildman–Crippen LogP) is 0.702. The summed E-state index contributed by atoms with van der Waals surface area (Å²) in [5.41, 5.74) is 0. The van der Waals surface area contributed by atoms with Crippen LogP contribution in [0.4, 0.5) is 0 Å². The number of likely N-dealkylation sites (tertiary alicyclic amines) is 2. The molecule has 0 aromatic heterocycles. The minimum Gasteiger partial charge on any atom is -0.396 e. The molecule has 2 aliphatic heterocycles. The van der Waals surface area contributed by atoms with Gasteiger partial charge in [-0.1, -0.05) is 0 Å². The standard InChI is InChI=1S/C13H24N2O2/c1-11-4-2-3-6-15(11)13(17)9-14-7-5-12(8-14)10-16/h11-12,16H,2-10H2,1H3. The Kier molecular flexibility index (Phi) is 4.40. The fourth-order valence-corrected chi connectivity index (χ4v) is 2.96. The van der Waals surface area contributed by atoms with E-state index in [1.165, 1.54) is 6.42 Å². The molecule has 2 atom stereocenters. The monoisotopic (exact) mass is 240 g/mol. The molecule has 0 saturated carbocycles. The van der Waals surface area contributed by atoms with E-state index >= 15 is 0 Å². The number of aliphatic hydroxyl groups is 1. The fraction of sp³-hybridized carbons (Fsp3) is 0.923. The van der Waals surface area contributed by atoms with Crippen molar-refractivity contribution in [3.8, 4) is 0 Å². The third kappa shape index (κ3) is 3.19. The molecular weight excluding hydrogens is 216 g/mol. The zero-order chi connectivity index (χ0) is 12.3. The maximum Gasteiger partial charge on any atom is 0.236 e. The van der Waals surface area contributed by atoms with Crippen molar-refractivity contribution in [3.63, 3.8) is 0 Å². The first-order chi connectivity index (χ1) is 8.20. The number of amides is 1. The Morgan fingerprint density at radius 2 is 2.12 bits per heavy atom. The van der Waals surface area contributed by atoms with Crippen molar-refractivity contribution in [2.75, 3.05) is 32.8 Å². The lowest BCUT2D eigenvalue weighted by Gasteiger charge is -2.34. The van der Waals surface area contributed by atoms with Crippen LogP contribution in [0, 0.1) is 5.92 Å². The highest BCUT2D eigenvalue weighted by atomic mass is 16.3. The molecule has 4 nitrogen and oxygen atoms in total. The maximum absolute atomic E-state index is 12.2. The summed E-state index contributed by atoms with van der Waals surface area (Å²) in [5.74, 6) is 0.650. The molecule has 0 spiro atoms. The molecular formula is C13H24N2O2. The lowest BCUT2D eigenvalue weighted by Crippen LogP contribution is -2.46. The largest absolute Gasteiger partial charge is 0.396 e. The highest BCUT2D eigenvalue weighted by molar-refractivity contribution is 5.78. The average Bonchev–Trinajstić information content (AvgIpc) is 2.77. The maximum atomic E-state index is 12.2. The number of hydrogen-bond acceptors (Lipinski definition) is 3. The Morgan fingerprint density at radius 3 is 2.76 bits per heavy atom. The van der Waals surface area contributed by atoms with Gasteiger partial charge in [-0.2, -0.15) is 0 Å². The van der Waals surface area contributed by atoms with Crippen LogP contribution in [0.25, 0.3) is 0 Å². The van der Waals surface area contributed by atoms with Crippen LogP contribution in [-0.2, 0) is 4.79 Å². The van der Waals surface area contributed by atoms with Crippen molar-refractivity contribution in [3.05, 3.63) is 0 Å². The second-order valence-corrected chi connectivity index (χ2v) is 5.50. The van der Waals surface area contributed by atoms with E-state index in [0.717, 1.165) is 38.9 Å². The van der Waals surface area contributed by atoms with Crippen molar-refractivity contribution in [1.29, 1.82) is 0 Å². The van der Waals surface area contributed by atoms with E-state index in [1.54, 1.807) is 0 Å². The summed E-state index contributed by atoms with van der Waals surface area (Å²) in [4.78, 5) is 16.4. The first-order valence-electron chi connectivity index (χ1n) is 6.83. The van der Waals surface area contributed by atoms with Crippen LogP contribution in [0.15, 0.2) is 0 Å². The van der Waals surface area contributed by atoms with Crippen molar-refractivity contribution < 1.29 is 9.90 Å². The van der Waals surface area contributed by atoms with E-state index in [9.17, 15) is 4.79 Å². The molecule has 0 radical (unpaired) electrons. The molecule has 1 N–H and O–H groups in total. The molecule has 2 rings (SSSR count). The first kappa shape index (κ1) is 12.8. The van der Waals surface area contributed by atoms with E-state index in [1.807, 2.05) is 4.90 Å². The number of aliphatic hydroxyl groups excluding tert-OH is 1. The summed E-state index contributed by atoms with van der Waals surface area (Å²) in [5, 5.41) is 9.09. The van der Waals surface area contributed by atoms with Crippen LogP contribution >= 0.6 is 0 Å². The van der Waals surface area contributed by atoms with Gasteiger partial charge in [0.05, 0.1) is 6.54 Å². The molecule has 2 unspecified atom stereocenters. The molecule has 2 heterocycles. The van der Waals surface area contributed by atoms with E-state index in [4.69, 9.17) is 5.11 Å². The molecule has 98 valence electrons. The van der Waals surface area contributed by atoms with Gasteiger partial charge in [0, 0.05) is 25.7 Å². The van der Waals surface area contributed by atoms with E-state index in [-0.39, 0.29) is 12.5 Å². The number of carbonyl (C=O) groups excluding carboxylic acids is 1. The quantitative estimate of drug-likeness (QED) is 0.790. The van der Waals surface area contributed by atoms with Crippen molar-refractivity contribution in [1.82, 2.24) is 9.80 Å². The number of rotatable bonds is 3. The van der Waals surface area contributed by atoms with Gasteiger partial charge in [-0.05, 0) is 45.1 Å². The third-order valence-corrected chi connectivity index (χ3v) is 4.11. The van der Waals surface area contributed by atoms with Gasteiger partial charge >= 0.3 is 0 Å². The lowest BCUT2D eigenvalue weighted by atomic mass is 10.0. The SMILES string of the molecule is CC1CCCCN1C(=O)CN1CCC(CO)C1. The molecule has 2 saturated heterocycles. The second-order valence-electron chi connectivity index (χ2n) is 5.50.